The molecule has 2 aromatic rings. The number of carbonyl (C=O) groups excluding carboxylic acids is 1. The van der Waals surface area contributed by atoms with Crippen molar-refractivity contribution in [3.05, 3.63) is 70.8 Å². The van der Waals surface area contributed by atoms with Gasteiger partial charge >= 0.3 is 0 Å². The number of ketones is 1. The minimum Gasteiger partial charge on any atom is -0.456 e. The molecular weight excluding hydrogens is 236 g/mol. The van der Waals surface area contributed by atoms with E-state index in [2.05, 4.69) is 0 Å². The van der Waals surface area contributed by atoms with E-state index in [1.54, 1.807) is 0 Å². The average molecular weight is 248 g/mol. The van der Waals surface area contributed by atoms with Gasteiger partial charge in [0.2, 0.25) is 0 Å². The number of ether oxygens (including phenoxy) is 1. The zero-order valence-corrected chi connectivity index (χ0v) is 10.3. The van der Waals surface area contributed by atoms with E-state index in [1.165, 1.54) is 0 Å². The maximum Gasteiger partial charge on any atom is 0.167 e. The fraction of sp³-hybridized carbons (Fsp3) is 0.118. The minimum atomic E-state index is 0.184. The van der Waals surface area contributed by atoms with E-state index < -0.39 is 0 Å². The highest BCUT2D eigenvalue weighted by molar-refractivity contribution is 6.07. The van der Waals surface area contributed by atoms with E-state index in [4.69, 9.17) is 4.74 Å². The van der Waals surface area contributed by atoms with Gasteiger partial charge in [-0.15, -0.1) is 0 Å². The lowest BCUT2D eigenvalue weighted by Gasteiger charge is -2.27. The Morgan fingerprint density at radius 1 is 0.842 bits per heavy atom. The zero-order chi connectivity index (χ0) is 12.8. The summed E-state index contributed by atoms with van der Waals surface area (Å²) in [5.74, 6) is 1.81. The summed E-state index contributed by atoms with van der Waals surface area (Å²) in [6, 6.07) is 15.9. The molecule has 2 heteroatoms. The number of hydrogen-bond donors (Lipinski definition) is 0. The van der Waals surface area contributed by atoms with Crippen molar-refractivity contribution in [1.29, 1.82) is 0 Å². The maximum absolute atomic E-state index is 12.3. The molecule has 0 atom stereocenters. The molecule has 0 saturated heterocycles. The molecule has 2 aliphatic rings. The molecular formula is C17H12O2. The van der Waals surface area contributed by atoms with Crippen LogP contribution in [-0.2, 0) is 17.6 Å². The van der Waals surface area contributed by atoms with Gasteiger partial charge in [-0.2, -0.15) is 0 Å². The van der Waals surface area contributed by atoms with Gasteiger partial charge in [0.1, 0.15) is 11.5 Å². The lowest BCUT2D eigenvalue weighted by Crippen LogP contribution is -2.23. The normalized spacial score (nSPS) is 16.3. The SMILES string of the molecule is O=C1Cc2ccccc2C2=C1Cc1ccccc1O2. The average Bonchev–Trinajstić information content (AvgIpc) is 2.46. The zero-order valence-electron chi connectivity index (χ0n) is 10.3. The van der Waals surface area contributed by atoms with Crippen LogP contribution < -0.4 is 4.74 Å². The molecule has 0 radical (unpaired) electrons. The van der Waals surface area contributed by atoms with Crippen molar-refractivity contribution in [3.63, 3.8) is 0 Å². The van der Waals surface area contributed by atoms with Crippen LogP contribution in [0.2, 0.25) is 0 Å². The number of carbonyl (C=O) groups is 1. The number of rotatable bonds is 0. The first kappa shape index (κ1) is 10.6. The molecule has 0 unspecified atom stereocenters. The van der Waals surface area contributed by atoms with E-state index >= 15 is 0 Å². The Hall–Kier alpha value is -2.35. The summed E-state index contributed by atoms with van der Waals surface area (Å²) in [7, 11) is 0. The van der Waals surface area contributed by atoms with Crippen molar-refractivity contribution in [1.82, 2.24) is 0 Å². The molecule has 0 spiro atoms. The van der Waals surface area contributed by atoms with Crippen LogP contribution in [0.5, 0.6) is 5.75 Å². The second-order valence-corrected chi connectivity index (χ2v) is 4.95. The third-order valence-corrected chi connectivity index (χ3v) is 3.78. The van der Waals surface area contributed by atoms with Gasteiger partial charge in [-0.25, -0.2) is 0 Å². The van der Waals surface area contributed by atoms with Crippen LogP contribution in [0, 0.1) is 0 Å². The highest BCUT2D eigenvalue weighted by Gasteiger charge is 2.30. The quantitative estimate of drug-likeness (QED) is 0.716. The van der Waals surface area contributed by atoms with E-state index in [-0.39, 0.29) is 5.78 Å². The number of benzene rings is 2. The number of fused-ring (bicyclic) bond motifs is 3. The third-order valence-electron chi connectivity index (χ3n) is 3.78. The first-order chi connectivity index (χ1) is 9.33. The van der Waals surface area contributed by atoms with E-state index in [0.29, 0.717) is 12.8 Å². The molecule has 19 heavy (non-hydrogen) atoms. The van der Waals surface area contributed by atoms with Gasteiger partial charge in [-0.05, 0) is 17.2 Å². The van der Waals surface area contributed by atoms with Crippen LogP contribution in [0.4, 0.5) is 0 Å². The van der Waals surface area contributed by atoms with Gasteiger partial charge in [0.25, 0.3) is 0 Å². The van der Waals surface area contributed by atoms with E-state index in [9.17, 15) is 4.79 Å². The summed E-state index contributed by atoms with van der Waals surface area (Å²) in [4.78, 5) is 12.3. The molecule has 0 aromatic heterocycles. The second kappa shape index (κ2) is 3.82. The summed E-state index contributed by atoms with van der Waals surface area (Å²) in [5.41, 5.74) is 4.03. The van der Waals surface area contributed by atoms with Crippen LogP contribution in [0.25, 0.3) is 5.76 Å². The van der Waals surface area contributed by atoms with Gasteiger partial charge in [-0.1, -0.05) is 42.5 Å². The molecule has 92 valence electrons. The van der Waals surface area contributed by atoms with Gasteiger partial charge in [0.05, 0.1) is 0 Å². The Labute approximate surface area is 111 Å². The van der Waals surface area contributed by atoms with Crippen LogP contribution in [0.15, 0.2) is 54.1 Å². The highest BCUT2D eigenvalue weighted by atomic mass is 16.5. The topological polar surface area (TPSA) is 26.3 Å². The highest BCUT2D eigenvalue weighted by Crippen LogP contribution is 2.38. The van der Waals surface area contributed by atoms with Crippen molar-refractivity contribution in [2.24, 2.45) is 0 Å². The summed E-state index contributed by atoms with van der Waals surface area (Å²) < 4.78 is 5.99. The first-order valence-electron chi connectivity index (χ1n) is 6.43. The number of hydrogen-bond acceptors (Lipinski definition) is 2. The maximum atomic E-state index is 12.3. The van der Waals surface area contributed by atoms with Crippen LogP contribution in [0.1, 0.15) is 16.7 Å². The summed E-state index contributed by atoms with van der Waals surface area (Å²) in [5, 5.41) is 0. The van der Waals surface area contributed by atoms with Crippen LogP contribution in [-0.4, -0.2) is 5.78 Å². The van der Waals surface area contributed by atoms with Gasteiger partial charge in [0.15, 0.2) is 5.78 Å². The van der Waals surface area contributed by atoms with Gasteiger partial charge < -0.3 is 4.74 Å². The predicted molar refractivity (Wildman–Crippen MR) is 72.8 cm³/mol. The lowest BCUT2D eigenvalue weighted by atomic mass is 9.85. The number of para-hydroxylation sites is 1. The molecule has 2 aromatic carbocycles. The van der Waals surface area contributed by atoms with Crippen molar-refractivity contribution in [3.8, 4) is 5.75 Å². The largest absolute Gasteiger partial charge is 0.456 e. The van der Waals surface area contributed by atoms with Crippen molar-refractivity contribution in [2.45, 2.75) is 12.8 Å². The molecule has 1 aliphatic heterocycles. The molecule has 0 bridgehead atoms. The second-order valence-electron chi connectivity index (χ2n) is 4.95. The summed E-state index contributed by atoms with van der Waals surface area (Å²) >= 11 is 0. The molecule has 0 amide bonds. The van der Waals surface area contributed by atoms with Crippen LogP contribution >= 0.6 is 0 Å². The Balaban J connectivity index is 1.91. The van der Waals surface area contributed by atoms with Crippen molar-refractivity contribution in [2.75, 3.05) is 0 Å². The first-order valence-corrected chi connectivity index (χ1v) is 6.43. The molecule has 0 fully saturated rings. The van der Waals surface area contributed by atoms with Crippen molar-refractivity contribution < 1.29 is 9.53 Å². The predicted octanol–water partition coefficient (Wildman–Crippen LogP) is 3.16. The van der Waals surface area contributed by atoms with E-state index in [1.807, 2.05) is 48.5 Å². The van der Waals surface area contributed by atoms with E-state index in [0.717, 1.165) is 33.8 Å². The molecule has 1 heterocycles. The molecule has 1 aliphatic carbocycles. The Bertz CT molecular complexity index is 726. The Morgan fingerprint density at radius 3 is 2.47 bits per heavy atom. The molecule has 4 rings (SSSR count). The van der Waals surface area contributed by atoms with Crippen molar-refractivity contribution >= 4 is 11.5 Å². The molecule has 0 N–H and O–H groups in total. The van der Waals surface area contributed by atoms with Gasteiger partial charge in [-0.3, -0.25) is 4.79 Å². The smallest absolute Gasteiger partial charge is 0.167 e. The third kappa shape index (κ3) is 1.53. The summed E-state index contributed by atoms with van der Waals surface area (Å²) in [6.07, 6.45) is 1.17. The standard InChI is InChI=1S/C17H12O2/c18-15-10-11-5-1-3-7-13(11)17-14(15)9-12-6-2-4-8-16(12)19-17/h1-8H,9-10H2. The number of Topliss-reactive ketones (excluding diaryl/α,β-unsaturated/α-hetero) is 1. The molecule has 2 nitrogen and oxygen atoms in total. The monoisotopic (exact) mass is 248 g/mol. The Kier molecular flexibility index (Phi) is 2.12. The van der Waals surface area contributed by atoms with Crippen LogP contribution in [0.3, 0.4) is 0 Å². The number of allylic oxidation sites excluding steroid dienone is 1. The minimum absolute atomic E-state index is 0.184. The van der Waals surface area contributed by atoms with Gasteiger partial charge in [0, 0.05) is 24.0 Å². The fourth-order valence-electron chi connectivity index (χ4n) is 2.81. The fourth-order valence-corrected chi connectivity index (χ4v) is 2.81. The molecule has 0 saturated carbocycles. The lowest BCUT2D eigenvalue weighted by molar-refractivity contribution is -0.115. The Morgan fingerprint density at radius 2 is 1.58 bits per heavy atom. The summed E-state index contributed by atoms with van der Waals surface area (Å²) in [6.45, 7) is 0.